The summed E-state index contributed by atoms with van der Waals surface area (Å²) in [6.45, 7) is 2.04. The smallest absolute Gasteiger partial charge is 0.114 e. The van der Waals surface area contributed by atoms with E-state index < -0.39 is 0 Å². The van der Waals surface area contributed by atoms with E-state index >= 15 is 0 Å². The summed E-state index contributed by atoms with van der Waals surface area (Å²) in [5.74, 6) is 0. The summed E-state index contributed by atoms with van der Waals surface area (Å²) < 4.78 is 1.18. The maximum absolute atomic E-state index is 5.58. The first kappa shape index (κ1) is 8.26. The Balaban J connectivity index is 2.41. The first-order chi connectivity index (χ1) is 6.25. The Hall–Kier alpha value is -1.35. The summed E-state index contributed by atoms with van der Waals surface area (Å²) in [4.78, 5) is 0. The molecule has 0 aliphatic rings. The van der Waals surface area contributed by atoms with Crippen LogP contribution in [0.1, 0.15) is 5.56 Å². The fourth-order valence-electron chi connectivity index (χ4n) is 1.10. The van der Waals surface area contributed by atoms with Crippen LogP contribution in [0.15, 0.2) is 30.5 Å². The fraction of sp³-hybridized carbons (Fsp3) is 0.111. The molecular weight excluding hydrogens is 186 g/mol. The highest BCUT2D eigenvalue weighted by Gasteiger charge is 2.01. The lowest BCUT2D eigenvalue weighted by Crippen LogP contribution is -1.78. The van der Waals surface area contributed by atoms with E-state index in [1.807, 2.05) is 31.2 Å². The molecule has 0 spiro atoms. The molecule has 1 heterocycles. The Kier molecular flexibility index (Phi) is 2.02. The lowest BCUT2D eigenvalue weighted by Gasteiger charge is -1.95. The first-order valence-corrected chi connectivity index (χ1v) is 4.25. The van der Waals surface area contributed by atoms with Crippen LogP contribution in [0.25, 0.3) is 11.3 Å². The number of aryl methyl sites for hydroxylation is 1. The normalized spacial score (nSPS) is 10.3. The molecule has 3 nitrogen and oxygen atoms in total. The van der Waals surface area contributed by atoms with Crippen LogP contribution in [0.5, 0.6) is 0 Å². The third-order valence-electron chi connectivity index (χ3n) is 1.81. The molecule has 66 valence electrons. The molecule has 0 aliphatic heterocycles. The van der Waals surface area contributed by atoms with E-state index in [1.165, 1.54) is 9.76 Å². The summed E-state index contributed by atoms with van der Waals surface area (Å²) in [6, 6.07) is 8.05. The van der Waals surface area contributed by atoms with E-state index in [0.717, 1.165) is 11.3 Å². The Labute approximate surface area is 81.1 Å². The van der Waals surface area contributed by atoms with Crippen LogP contribution in [0.3, 0.4) is 0 Å². The van der Waals surface area contributed by atoms with E-state index in [4.69, 9.17) is 11.8 Å². The molecular formula is C9H8ClN3. The average Bonchev–Trinajstić information content (AvgIpc) is 2.53. The van der Waals surface area contributed by atoms with E-state index in [9.17, 15) is 0 Å². The topological polar surface area (TPSA) is 30.7 Å². The van der Waals surface area contributed by atoms with Gasteiger partial charge in [0.2, 0.25) is 0 Å². The number of nitrogens with zero attached hydrogens (tertiary/aromatic N) is 3. The molecule has 2 aromatic rings. The maximum atomic E-state index is 5.58. The Bertz CT molecular complexity index is 405. The van der Waals surface area contributed by atoms with Gasteiger partial charge in [-0.25, -0.2) is 0 Å². The zero-order valence-electron chi connectivity index (χ0n) is 7.11. The van der Waals surface area contributed by atoms with Gasteiger partial charge in [-0.05, 0) is 6.92 Å². The number of hydrogen-bond acceptors (Lipinski definition) is 2. The van der Waals surface area contributed by atoms with Crippen molar-refractivity contribution in [1.29, 1.82) is 0 Å². The number of benzene rings is 1. The van der Waals surface area contributed by atoms with Crippen molar-refractivity contribution in [2.45, 2.75) is 6.92 Å². The molecule has 0 saturated heterocycles. The van der Waals surface area contributed by atoms with Gasteiger partial charge in [-0.2, -0.15) is 4.20 Å². The van der Waals surface area contributed by atoms with E-state index in [1.54, 1.807) is 6.20 Å². The van der Waals surface area contributed by atoms with Crippen LogP contribution in [0, 0.1) is 6.92 Å². The molecule has 0 fully saturated rings. The van der Waals surface area contributed by atoms with Gasteiger partial charge in [-0.1, -0.05) is 35.0 Å². The van der Waals surface area contributed by atoms with Crippen molar-refractivity contribution < 1.29 is 0 Å². The monoisotopic (exact) mass is 193 g/mol. The summed E-state index contributed by atoms with van der Waals surface area (Å²) in [5, 5.41) is 7.54. The van der Waals surface area contributed by atoms with Crippen LogP contribution in [0.4, 0.5) is 0 Å². The number of rotatable bonds is 1. The predicted octanol–water partition coefficient (Wildman–Crippen LogP) is 2.26. The summed E-state index contributed by atoms with van der Waals surface area (Å²) >= 11 is 5.58. The first-order valence-electron chi connectivity index (χ1n) is 3.91. The molecule has 0 atom stereocenters. The molecule has 1 aromatic heterocycles. The Morgan fingerprint density at radius 2 is 1.92 bits per heavy atom. The molecule has 0 unspecified atom stereocenters. The van der Waals surface area contributed by atoms with Gasteiger partial charge in [-0.15, -0.1) is 5.10 Å². The summed E-state index contributed by atoms with van der Waals surface area (Å²) in [7, 11) is 0. The van der Waals surface area contributed by atoms with Crippen molar-refractivity contribution in [3.05, 3.63) is 36.0 Å². The highest BCUT2D eigenvalue weighted by molar-refractivity contribution is 6.14. The molecule has 13 heavy (non-hydrogen) atoms. The van der Waals surface area contributed by atoms with Crippen molar-refractivity contribution >= 4 is 11.8 Å². The van der Waals surface area contributed by atoms with Gasteiger partial charge in [0, 0.05) is 17.3 Å². The van der Waals surface area contributed by atoms with Gasteiger partial charge in [0.25, 0.3) is 0 Å². The minimum Gasteiger partial charge on any atom is -0.159 e. The summed E-state index contributed by atoms with van der Waals surface area (Å²) in [6.07, 6.45) is 1.67. The van der Waals surface area contributed by atoms with E-state index in [0.29, 0.717) is 0 Å². The average molecular weight is 194 g/mol. The maximum Gasteiger partial charge on any atom is 0.114 e. The van der Waals surface area contributed by atoms with E-state index in [-0.39, 0.29) is 0 Å². The second-order valence-electron chi connectivity index (χ2n) is 2.86. The standard InChI is InChI=1S/C9H8ClN3/c1-7-2-4-8(5-3-7)9-6-13(10)12-11-9/h2-6H,1H3. The van der Waals surface area contributed by atoms with Gasteiger partial charge in [-0.3, -0.25) is 0 Å². The second-order valence-corrected chi connectivity index (χ2v) is 3.20. The zero-order chi connectivity index (χ0) is 9.26. The molecule has 0 bridgehead atoms. The van der Waals surface area contributed by atoms with Crippen molar-refractivity contribution in [2.75, 3.05) is 0 Å². The van der Waals surface area contributed by atoms with Crippen LogP contribution in [-0.2, 0) is 0 Å². The van der Waals surface area contributed by atoms with Crippen molar-refractivity contribution in [3.63, 3.8) is 0 Å². The van der Waals surface area contributed by atoms with Gasteiger partial charge in [0.15, 0.2) is 0 Å². The third kappa shape index (κ3) is 1.70. The fourth-order valence-corrected chi connectivity index (χ4v) is 1.23. The van der Waals surface area contributed by atoms with Gasteiger partial charge >= 0.3 is 0 Å². The lowest BCUT2D eigenvalue weighted by molar-refractivity contribution is 0.881. The Morgan fingerprint density at radius 1 is 1.23 bits per heavy atom. The molecule has 0 radical (unpaired) electrons. The largest absolute Gasteiger partial charge is 0.159 e. The highest BCUT2D eigenvalue weighted by atomic mass is 35.5. The Morgan fingerprint density at radius 3 is 2.46 bits per heavy atom. The van der Waals surface area contributed by atoms with Crippen molar-refractivity contribution in [3.8, 4) is 11.3 Å². The highest BCUT2D eigenvalue weighted by Crippen LogP contribution is 2.16. The number of halogens is 1. The molecule has 0 N–H and O–H groups in total. The molecule has 0 aliphatic carbocycles. The number of aromatic nitrogens is 3. The van der Waals surface area contributed by atoms with Gasteiger partial charge in [0.05, 0.1) is 6.20 Å². The number of hydrogen-bond donors (Lipinski definition) is 0. The van der Waals surface area contributed by atoms with Crippen molar-refractivity contribution in [2.24, 2.45) is 0 Å². The minimum atomic E-state index is 0.787. The van der Waals surface area contributed by atoms with Crippen LogP contribution < -0.4 is 0 Å². The molecule has 4 heteroatoms. The van der Waals surface area contributed by atoms with Crippen LogP contribution in [-0.4, -0.2) is 14.5 Å². The van der Waals surface area contributed by atoms with Crippen molar-refractivity contribution in [1.82, 2.24) is 14.5 Å². The molecule has 0 saturated carbocycles. The van der Waals surface area contributed by atoms with Crippen LogP contribution in [0.2, 0.25) is 0 Å². The lowest BCUT2D eigenvalue weighted by atomic mass is 10.1. The second kappa shape index (κ2) is 3.18. The molecule has 1 aromatic carbocycles. The summed E-state index contributed by atoms with van der Waals surface area (Å²) in [5.41, 5.74) is 3.04. The quantitative estimate of drug-likeness (QED) is 0.696. The van der Waals surface area contributed by atoms with E-state index in [2.05, 4.69) is 10.3 Å². The third-order valence-corrected chi connectivity index (χ3v) is 1.98. The SMILES string of the molecule is Cc1ccc(-c2cn(Cl)nn2)cc1. The van der Waals surface area contributed by atoms with Gasteiger partial charge < -0.3 is 0 Å². The zero-order valence-corrected chi connectivity index (χ0v) is 7.86. The van der Waals surface area contributed by atoms with Crippen LogP contribution >= 0.6 is 11.8 Å². The molecule has 2 rings (SSSR count). The predicted molar refractivity (Wildman–Crippen MR) is 51.4 cm³/mol. The molecule has 0 amide bonds. The van der Waals surface area contributed by atoms with Gasteiger partial charge in [0.1, 0.15) is 5.69 Å². The minimum absolute atomic E-state index is 0.787.